The Labute approximate surface area is 110 Å². The first-order valence-electron chi connectivity index (χ1n) is 6.44. The van der Waals surface area contributed by atoms with E-state index < -0.39 is 0 Å². The standard InChI is InChI=1S/C18H20/c1-18(2,15-17-11-7-4-8-12-17)14-13-16-9-5-3-6-10-16/h3-14H,15H2,1-2H3/b14-13+. The van der Waals surface area contributed by atoms with Crippen LogP contribution in [0.5, 0.6) is 0 Å². The summed E-state index contributed by atoms with van der Waals surface area (Å²) in [5.74, 6) is 0. The summed E-state index contributed by atoms with van der Waals surface area (Å²) < 4.78 is 0. The Balaban J connectivity index is 2.06. The van der Waals surface area contributed by atoms with Crippen molar-refractivity contribution in [2.75, 3.05) is 0 Å². The van der Waals surface area contributed by atoms with Gasteiger partial charge in [0.15, 0.2) is 0 Å². The fraction of sp³-hybridized carbons (Fsp3) is 0.222. The molecule has 0 aliphatic carbocycles. The summed E-state index contributed by atoms with van der Waals surface area (Å²) in [4.78, 5) is 0. The quantitative estimate of drug-likeness (QED) is 0.703. The van der Waals surface area contributed by atoms with Crippen molar-refractivity contribution in [1.82, 2.24) is 0 Å². The van der Waals surface area contributed by atoms with Gasteiger partial charge in [0.2, 0.25) is 0 Å². The molecule has 18 heavy (non-hydrogen) atoms. The minimum Gasteiger partial charge on any atom is -0.0779 e. The molecular formula is C18H20. The summed E-state index contributed by atoms with van der Waals surface area (Å²) in [6.07, 6.45) is 5.58. The van der Waals surface area contributed by atoms with E-state index in [1.54, 1.807) is 0 Å². The van der Waals surface area contributed by atoms with Crippen LogP contribution in [0.25, 0.3) is 6.08 Å². The SMILES string of the molecule is CC(C)(/C=C/c1ccccc1)Cc1ccccc1. The van der Waals surface area contributed by atoms with Crippen molar-refractivity contribution in [3.8, 4) is 0 Å². The van der Waals surface area contributed by atoms with Gasteiger partial charge in [0.05, 0.1) is 0 Å². The lowest BCUT2D eigenvalue weighted by molar-refractivity contribution is 0.480. The number of hydrogen-bond acceptors (Lipinski definition) is 0. The second-order valence-corrected chi connectivity index (χ2v) is 5.39. The van der Waals surface area contributed by atoms with E-state index in [0.717, 1.165) is 6.42 Å². The maximum atomic E-state index is 2.30. The summed E-state index contributed by atoms with van der Waals surface area (Å²) in [6.45, 7) is 4.55. The summed E-state index contributed by atoms with van der Waals surface area (Å²) >= 11 is 0. The normalized spacial score (nSPS) is 11.9. The summed E-state index contributed by atoms with van der Waals surface area (Å²) in [5, 5.41) is 0. The van der Waals surface area contributed by atoms with Crippen LogP contribution in [0.4, 0.5) is 0 Å². The van der Waals surface area contributed by atoms with Crippen molar-refractivity contribution in [1.29, 1.82) is 0 Å². The molecule has 2 aromatic rings. The molecule has 2 aromatic carbocycles. The van der Waals surface area contributed by atoms with Crippen LogP contribution in [0.15, 0.2) is 66.7 Å². The van der Waals surface area contributed by atoms with E-state index in [-0.39, 0.29) is 5.41 Å². The molecule has 0 aliphatic rings. The van der Waals surface area contributed by atoms with Gasteiger partial charge in [0.1, 0.15) is 0 Å². The van der Waals surface area contributed by atoms with E-state index in [4.69, 9.17) is 0 Å². The van der Waals surface area contributed by atoms with E-state index in [0.29, 0.717) is 0 Å². The van der Waals surface area contributed by atoms with Crippen LogP contribution in [-0.4, -0.2) is 0 Å². The minimum absolute atomic E-state index is 0.178. The predicted molar refractivity (Wildman–Crippen MR) is 79.4 cm³/mol. The number of allylic oxidation sites excluding steroid dienone is 1. The van der Waals surface area contributed by atoms with Crippen molar-refractivity contribution in [2.45, 2.75) is 20.3 Å². The van der Waals surface area contributed by atoms with Crippen LogP contribution in [0.1, 0.15) is 25.0 Å². The third-order valence-electron chi connectivity index (χ3n) is 3.03. The molecule has 0 radical (unpaired) electrons. The minimum atomic E-state index is 0.178. The molecule has 0 aromatic heterocycles. The molecule has 0 heteroatoms. The number of rotatable bonds is 4. The van der Waals surface area contributed by atoms with Gasteiger partial charge in [-0.25, -0.2) is 0 Å². The van der Waals surface area contributed by atoms with Gasteiger partial charge in [-0.15, -0.1) is 0 Å². The molecular weight excluding hydrogens is 216 g/mol. The lowest BCUT2D eigenvalue weighted by Gasteiger charge is -2.20. The van der Waals surface area contributed by atoms with Crippen LogP contribution >= 0.6 is 0 Å². The Hall–Kier alpha value is -1.82. The molecule has 0 unspecified atom stereocenters. The Morgan fingerprint density at radius 2 is 1.39 bits per heavy atom. The first kappa shape index (κ1) is 12.6. The molecule has 0 atom stereocenters. The molecule has 92 valence electrons. The highest BCUT2D eigenvalue weighted by molar-refractivity contribution is 5.49. The van der Waals surface area contributed by atoms with Gasteiger partial charge < -0.3 is 0 Å². The second kappa shape index (κ2) is 5.68. The van der Waals surface area contributed by atoms with Crippen molar-refractivity contribution in [3.05, 3.63) is 77.9 Å². The monoisotopic (exact) mass is 236 g/mol. The van der Waals surface area contributed by atoms with Crippen molar-refractivity contribution in [2.24, 2.45) is 5.41 Å². The molecule has 0 bridgehead atoms. The van der Waals surface area contributed by atoms with Gasteiger partial charge in [0, 0.05) is 0 Å². The largest absolute Gasteiger partial charge is 0.0779 e. The van der Waals surface area contributed by atoms with E-state index in [1.807, 2.05) is 6.07 Å². The molecule has 0 amide bonds. The highest BCUT2D eigenvalue weighted by atomic mass is 14.2. The highest BCUT2D eigenvalue weighted by Crippen LogP contribution is 2.24. The van der Waals surface area contributed by atoms with Crippen LogP contribution < -0.4 is 0 Å². The molecule has 0 saturated carbocycles. The van der Waals surface area contributed by atoms with Crippen LogP contribution in [0.3, 0.4) is 0 Å². The molecule has 2 rings (SSSR count). The number of benzene rings is 2. The Morgan fingerprint density at radius 1 is 0.833 bits per heavy atom. The van der Waals surface area contributed by atoms with Gasteiger partial charge in [-0.05, 0) is 23.0 Å². The first-order chi connectivity index (χ1) is 8.66. The molecule has 0 aliphatic heterocycles. The third-order valence-corrected chi connectivity index (χ3v) is 3.03. The fourth-order valence-corrected chi connectivity index (χ4v) is 2.07. The first-order valence-corrected chi connectivity index (χ1v) is 6.44. The maximum Gasteiger partial charge on any atom is -0.0131 e. The smallest absolute Gasteiger partial charge is 0.0131 e. The zero-order valence-corrected chi connectivity index (χ0v) is 11.1. The summed E-state index contributed by atoms with van der Waals surface area (Å²) in [6, 6.07) is 21.1. The molecule has 0 N–H and O–H groups in total. The summed E-state index contributed by atoms with van der Waals surface area (Å²) in [7, 11) is 0. The fourth-order valence-electron chi connectivity index (χ4n) is 2.07. The zero-order chi connectivity index (χ0) is 12.8. The average Bonchev–Trinajstić information content (AvgIpc) is 2.38. The topological polar surface area (TPSA) is 0 Å². The average molecular weight is 236 g/mol. The van der Waals surface area contributed by atoms with Crippen LogP contribution in [0, 0.1) is 5.41 Å². The van der Waals surface area contributed by atoms with Gasteiger partial charge in [0.25, 0.3) is 0 Å². The zero-order valence-electron chi connectivity index (χ0n) is 11.1. The molecule has 0 saturated heterocycles. The van der Waals surface area contributed by atoms with E-state index in [9.17, 15) is 0 Å². The van der Waals surface area contributed by atoms with Gasteiger partial charge in [-0.2, -0.15) is 0 Å². The van der Waals surface area contributed by atoms with Crippen molar-refractivity contribution >= 4 is 6.08 Å². The lowest BCUT2D eigenvalue weighted by atomic mass is 9.85. The maximum absolute atomic E-state index is 2.30. The van der Waals surface area contributed by atoms with Gasteiger partial charge >= 0.3 is 0 Å². The van der Waals surface area contributed by atoms with E-state index in [2.05, 4.69) is 80.6 Å². The highest BCUT2D eigenvalue weighted by Gasteiger charge is 2.14. The van der Waals surface area contributed by atoms with E-state index in [1.165, 1.54) is 11.1 Å². The van der Waals surface area contributed by atoms with Gasteiger partial charge in [-0.3, -0.25) is 0 Å². The molecule has 0 heterocycles. The lowest BCUT2D eigenvalue weighted by Crippen LogP contribution is -2.11. The predicted octanol–water partition coefficient (Wildman–Crippen LogP) is 4.97. The third kappa shape index (κ3) is 3.89. The summed E-state index contributed by atoms with van der Waals surface area (Å²) in [5.41, 5.74) is 2.83. The Bertz CT molecular complexity index is 492. The van der Waals surface area contributed by atoms with Gasteiger partial charge in [-0.1, -0.05) is 86.7 Å². The Morgan fingerprint density at radius 3 is 2.00 bits per heavy atom. The number of hydrogen-bond donors (Lipinski definition) is 0. The van der Waals surface area contributed by atoms with Crippen LogP contribution in [-0.2, 0) is 6.42 Å². The van der Waals surface area contributed by atoms with E-state index >= 15 is 0 Å². The van der Waals surface area contributed by atoms with Crippen LogP contribution in [0.2, 0.25) is 0 Å². The van der Waals surface area contributed by atoms with Crippen molar-refractivity contribution in [3.63, 3.8) is 0 Å². The second-order valence-electron chi connectivity index (χ2n) is 5.39. The molecule has 0 fully saturated rings. The Kier molecular flexibility index (Phi) is 3.99. The molecule has 0 nitrogen and oxygen atoms in total. The van der Waals surface area contributed by atoms with Crippen molar-refractivity contribution < 1.29 is 0 Å². The molecule has 0 spiro atoms.